The summed E-state index contributed by atoms with van der Waals surface area (Å²) in [5, 5.41) is 19.9. The summed E-state index contributed by atoms with van der Waals surface area (Å²) in [4.78, 5) is 16.5. The molecule has 1 saturated heterocycles. The lowest BCUT2D eigenvalue weighted by atomic mass is 10.1. The molecule has 0 aliphatic carbocycles. The van der Waals surface area contributed by atoms with Crippen LogP contribution >= 0.6 is 0 Å². The van der Waals surface area contributed by atoms with Crippen LogP contribution in [0.2, 0.25) is 0 Å². The molecular formula is C23H25N4O2+. The first-order valence-corrected chi connectivity index (χ1v) is 10.0. The van der Waals surface area contributed by atoms with Gasteiger partial charge in [0.15, 0.2) is 0 Å². The Bertz CT molecular complexity index is 1060. The predicted molar refractivity (Wildman–Crippen MR) is 112 cm³/mol. The van der Waals surface area contributed by atoms with E-state index in [4.69, 9.17) is 5.26 Å². The van der Waals surface area contributed by atoms with Crippen molar-refractivity contribution in [3.63, 3.8) is 0 Å². The number of nitrogens with one attached hydrogen (secondary N) is 1. The first-order valence-electron chi connectivity index (χ1n) is 10.0. The Morgan fingerprint density at radius 2 is 1.83 bits per heavy atom. The number of aryl methyl sites for hydroxylation is 1. The van der Waals surface area contributed by atoms with Crippen molar-refractivity contribution in [2.24, 2.45) is 0 Å². The molecule has 4 rings (SSSR count). The second kappa shape index (κ2) is 8.38. The number of carbonyl (C=O) groups excluding carboxylic acids is 1. The number of phenolic OH excluding ortho intramolecular Hbond substituents is 1. The van der Waals surface area contributed by atoms with Crippen molar-refractivity contribution >= 4 is 22.4 Å². The fraction of sp³-hybridized carbons (Fsp3) is 0.304. The number of nitriles is 1. The van der Waals surface area contributed by atoms with Gasteiger partial charge in [0.05, 0.1) is 44.4 Å². The van der Waals surface area contributed by atoms with E-state index in [1.807, 2.05) is 53.2 Å². The summed E-state index contributed by atoms with van der Waals surface area (Å²) < 4.78 is 2.01. The topological polar surface area (TPSA) is 73.7 Å². The number of Topliss-reactive ketones (excluding diaryl/α,β-unsaturated/α-hetero) is 1. The van der Waals surface area contributed by atoms with Crippen molar-refractivity contribution in [2.75, 3.05) is 37.6 Å². The lowest BCUT2D eigenvalue weighted by Gasteiger charge is -2.33. The van der Waals surface area contributed by atoms with Gasteiger partial charge in [-0.3, -0.25) is 4.79 Å². The maximum Gasteiger partial charge on any atom is 0.219 e. The zero-order valence-electron chi connectivity index (χ0n) is 16.3. The molecule has 1 aliphatic rings. The predicted octanol–water partition coefficient (Wildman–Crippen LogP) is 1.85. The van der Waals surface area contributed by atoms with Gasteiger partial charge in [-0.2, -0.15) is 5.26 Å². The van der Waals surface area contributed by atoms with Crippen LogP contribution in [0.1, 0.15) is 16.8 Å². The standard InChI is InChI=1S/C23H24N4O2/c24-10-5-11-27-16-19(18-6-1-2-7-20(18)27)23(29)17-25-12-14-26(15-13-25)21-8-3-4-9-22(21)28/h1-4,6-9,16,28H,5,11-15,17H2/p+1. The molecule has 3 aromatic rings. The fourth-order valence-corrected chi connectivity index (χ4v) is 4.12. The highest BCUT2D eigenvalue weighted by molar-refractivity contribution is 6.08. The zero-order valence-corrected chi connectivity index (χ0v) is 16.3. The number of hydrogen-bond donors (Lipinski definition) is 2. The van der Waals surface area contributed by atoms with Crippen LogP contribution in [0, 0.1) is 11.3 Å². The number of aromatic nitrogens is 1. The summed E-state index contributed by atoms with van der Waals surface area (Å²) in [5.41, 5.74) is 2.61. The molecule has 148 valence electrons. The van der Waals surface area contributed by atoms with E-state index >= 15 is 0 Å². The highest BCUT2D eigenvalue weighted by Gasteiger charge is 2.25. The Labute approximate surface area is 170 Å². The summed E-state index contributed by atoms with van der Waals surface area (Å²) in [5.74, 6) is 0.445. The molecule has 29 heavy (non-hydrogen) atoms. The van der Waals surface area contributed by atoms with Crippen LogP contribution in [0.5, 0.6) is 5.75 Å². The molecule has 0 amide bonds. The number of benzene rings is 2. The summed E-state index contributed by atoms with van der Waals surface area (Å²) in [6.45, 7) is 4.38. The van der Waals surface area contributed by atoms with Crippen LogP contribution in [0.15, 0.2) is 54.7 Å². The Morgan fingerprint density at radius 3 is 2.59 bits per heavy atom. The van der Waals surface area contributed by atoms with E-state index in [-0.39, 0.29) is 5.78 Å². The molecule has 6 heteroatoms. The molecule has 2 aromatic carbocycles. The summed E-state index contributed by atoms with van der Waals surface area (Å²) >= 11 is 0. The number of fused-ring (bicyclic) bond motifs is 1. The maximum absolute atomic E-state index is 13.1. The Hall–Kier alpha value is -3.30. The molecule has 1 aromatic heterocycles. The maximum atomic E-state index is 13.1. The Morgan fingerprint density at radius 1 is 1.10 bits per heavy atom. The van der Waals surface area contributed by atoms with Gasteiger partial charge >= 0.3 is 0 Å². The van der Waals surface area contributed by atoms with Gasteiger partial charge in [0.25, 0.3) is 0 Å². The average Bonchev–Trinajstić information content (AvgIpc) is 3.12. The van der Waals surface area contributed by atoms with E-state index in [1.165, 1.54) is 4.90 Å². The van der Waals surface area contributed by atoms with Crippen molar-refractivity contribution in [2.45, 2.75) is 13.0 Å². The normalized spacial score (nSPS) is 14.8. The van der Waals surface area contributed by atoms with Crippen LogP contribution in [-0.2, 0) is 6.54 Å². The van der Waals surface area contributed by atoms with Crippen molar-refractivity contribution < 1.29 is 14.8 Å². The Balaban J connectivity index is 1.44. The lowest BCUT2D eigenvalue weighted by molar-refractivity contribution is -0.892. The third kappa shape index (κ3) is 3.96. The molecule has 0 spiro atoms. The van der Waals surface area contributed by atoms with E-state index in [1.54, 1.807) is 6.07 Å². The van der Waals surface area contributed by atoms with Gasteiger partial charge in [-0.1, -0.05) is 30.3 Å². The van der Waals surface area contributed by atoms with Gasteiger partial charge in [-0.05, 0) is 18.2 Å². The minimum Gasteiger partial charge on any atom is -0.506 e. The zero-order chi connectivity index (χ0) is 20.2. The molecule has 0 bridgehead atoms. The molecule has 1 aliphatic heterocycles. The van der Waals surface area contributed by atoms with E-state index in [2.05, 4.69) is 11.0 Å². The molecule has 0 atom stereocenters. The third-order valence-electron chi connectivity index (χ3n) is 5.66. The van der Waals surface area contributed by atoms with Crippen LogP contribution in [-0.4, -0.2) is 48.2 Å². The van der Waals surface area contributed by atoms with Crippen molar-refractivity contribution in [1.29, 1.82) is 5.26 Å². The van der Waals surface area contributed by atoms with Gasteiger partial charge in [0.1, 0.15) is 12.3 Å². The average molecular weight is 389 g/mol. The largest absolute Gasteiger partial charge is 0.506 e. The van der Waals surface area contributed by atoms with Crippen LogP contribution in [0.4, 0.5) is 5.69 Å². The number of aromatic hydroxyl groups is 1. The monoisotopic (exact) mass is 389 g/mol. The first-order chi connectivity index (χ1) is 14.2. The van der Waals surface area contributed by atoms with Gasteiger partial charge in [0.2, 0.25) is 5.78 Å². The number of nitrogens with zero attached hydrogens (tertiary/aromatic N) is 3. The minimum absolute atomic E-state index is 0.142. The summed E-state index contributed by atoms with van der Waals surface area (Å²) in [6, 6.07) is 17.5. The van der Waals surface area contributed by atoms with Gasteiger partial charge in [0, 0.05) is 29.2 Å². The first kappa shape index (κ1) is 19.0. The van der Waals surface area contributed by atoms with Gasteiger partial charge < -0.3 is 19.5 Å². The highest BCUT2D eigenvalue weighted by atomic mass is 16.3. The van der Waals surface area contributed by atoms with Crippen molar-refractivity contribution in [3.8, 4) is 11.8 Å². The Kier molecular flexibility index (Phi) is 5.50. The van der Waals surface area contributed by atoms with Crippen LogP contribution < -0.4 is 9.80 Å². The summed E-state index contributed by atoms with van der Waals surface area (Å²) in [6.07, 6.45) is 2.33. The highest BCUT2D eigenvalue weighted by Crippen LogP contribution is 2.26. The van der Waals surface area contributed by atoms with Gasteiger partial charge in [-0.25, -0.2) is 0 Å². The van der Waals surface area contributed by atoms with E-state index in [0.717, 1.165) is 48.3 Å². The van der Waals surface area contributed by atoms with E-state index < -0.39 is 0 Å². The number of quaternary nitrogens is 1. The van der Waals surface area contributed by atoms with E-state index in [0.29, 0.717) is 25.3 Å². The quantitative estimate of drug-likeness (QED) is 0.631. The molecule has 0 radical (unpaired) electrons. The number of hydrogen-bond acceptors (Lipinski definition) is 4. The molecule has 6 nitrogen and oxygen atoms in total. The number of phenols is 1. The number of para-hydroxylation sites is 3. The minimum atomic E-state index is 0.142. The van der Waals surface area contributed by atoms with E-state index in [9.17, 15) is 9.90 Å². The number of piperazine rings is 1. The van der Waals surface area contributed by atoms with Crippen molar-refractivity contribution in [3.05, 3.63) is 60.3 Å². The third-order valence-corrected chi connectivity index (χ3v) is 5.66. The van der Waals surface area contributed by atoms with Crippen LogP contribution in [0.25, 0.3) is 10.9 Å². The number of ketones is 1. The second-order valence-electron chi connectivity index (χ2n) is 7.49. The number of carbonyl (C=O) groups is 1. The number of rotatable bonds is 6. The van der Waals surface area contributed by atoms with Gasteiger partial charge in [-0.15, -0.1) is 0 Å². The molecule has 0 saturated carbocycles. The second-order valence-corrected chi connectivity index (χ2v) is 7.49. The SMILES string of the molecule is N#CCCn1cc(C(=O)C[NH+]2CCN(c3ccccc3O)CC2)c2ccccc21. The van der Waals surface area contributed by atoms with Crippen molar-refractivity contribution in [1.82, 2.24) is 4.57 Å². The molecule has 1 fully saturated rings. The lowest BCUT2D eigenvalue weighted by Crippen LogP contribution is -3.15. The molecule has 2 heterocycles. The van der Waals surface area contributed by atoms with Crippen LogP contribution in [0.3, 0.4) is 0 Å². The molecule has 0 unspecified atom stereocenters. The number of anilines is 1. The molecular weight excluding hydrogens is 364 g/mol. The molecule has 2 N–H and O–H groups in total. The fourth-order valence-electron chi connectivity index (χ4n) is 4.12. The summed E-state index contributed by atoms with van der Waals surface area (Å²) in [7, 11) is 0. The smallest absolute Gasteiger partial charge is 0.219 e.